The molecule has 0 atom stereocenters. The third-order valence-electron chi connectivity index (χ3n) is 1.44. The molecule has 0 unspecified atom stereocenters. The van der Waals surface area contributed by atoms with Crippen molar-refractivity contribution in [2.24, 2.45) is 7.05 Å². The Bertz CT molecular complexity index is 321. The van der Waals surface area contributed by atoms with E-state index in [1.165, 1.54) is 0 Å². The zero-order chi connectivity index (χ0) is 6.97. The molecule has 1 aromatic heterocycles. The second-order valence-electron chi connectivity index (χ2n) is 2.25. The van der Waals surface area contributed by atoms with Crippen molar-refractivity contribution in [1.82, 2.24) is 9.78 Å². The SMILES string of the molecule is Cn1[c-]c2ccccc2n1.[K+]. The molecule has 0 fully saturated rings. The first-order valence-electron chi connectivity index (χ1n) is 3.17. The van der Waals surface area contributed by atoms with E-state index in [1.807, 2.05) is 31.3 Å². The molecule has 2 aromatic rings. The summed E-state index contributed by atoms with van der Waals surface area (Å²) in [5, 5.41) is 5.25. The predicted molar refractivity (Wildman–Crippen MR) is 39.6 cm³/mol. The Morgan fingerprint density at radius 1 is 1.36 bits per heavy atom. The van der Waals surface area contributed by atoms with Gasteiger partial charge in [-0.1, -0.05) is 18.3 Å². The molecule has 2 nitrogen and oxygen atoms in total. The Kier molecular flexibility index (Phi) is 3.27. The quantitative estimate of drug-likeness (QED) is 0.343. The van der Waals surface area contributed by atoms with Crippen molar-refractivity contribution >= 4 is 10.9 Å². The van der Waals surface area contributed by atoms with E-state index in [9.17, 15) is 0 Å². The van der Waals surface area contributed by atoms with Gasteiger partial charge in [-0.05, 0) is 5.52 Å². The molecule has 0 spiro atoms. The van der Waals surface area contributed by atoms with Gasteiger partial charge in [0, 0.05) is 7.05 Å². The van der Waals surface area contributed by atoms with Gasteiger partial charge in [0.15, 0.2) is 0 Å². The van der Waals surface area contributed by atoms with Crippen molar-refractivity contribution in [3.8, 4) is 0 Å². The van der Waals surface area contributed by atoms with Gasteiger partial charge in [-0.3, -0.25) is 5.10 Å². The van der Waals surface area contributed by atoms with Crippen LogP contribution in [0.4, 0.5) is 0 Å². The fourth-order valence-corrected chi connectivity index (χ4v) is 1.02. The predicted octanol–water partition coefficient (Wildman–Crippen LogP) is -1.62. The third kappa shape index (κ3) is 1.92. The summed E-state index contributed by atoms with van der Waals surface area (Å²) < 4.78 is 1.70. The first-order chi connectivity index (χ1) is 4.86. The Morgan fingerprint density at radius 2 is 2.09 bits per heavy atom. The molecule has 0 saturated heterocycles. The van der Waals surface area contributed by atoms with Gasteiger partial charge < -0.3 is 4.68 Å². The monoisotopic (exact) mass is 170 g/mol. The normalized spacial score (nSPS) is 9.55. The first-order valence-corrected chi connectivity index (χ1v) is 3.17. The molecule has 0 aliphatic heterocycles. The minimum Gasteiger partial charge on any atom is -0.343 e. The summed E-state index contributed by atoms with van der Waals surface area (Å²) in [7, 11) is 1.88. The standard InChI is InChI=1S/C8H7N2.K/c1-10-6-7-4-2-3-5-8(7)9-10;/h2-5H,1H3;/q-1;+1. The summed E-state index contributed by atoms with van der Waals surface area (Å²) in [6.07, 6.45) is 3.06. The van der Waals surface area contributed by atoms with Gasteiger partial charge in [0.2, 0.25) is 0 Å². The topological polar surface area (TPSA) is 17.8 Å². The van der Waals surface area contributed by atoms with Crippen LogP contribution >= 0.6 is 0 Å². The maximum absolute atomic E-state index is 4.17. The molecule has 50 valence electrons. The van der Waals surface area contributed by atoms with Gasteiger partial charge in [0.25, 0.3) is 0 Å². The second-order valence-corrected chi connectivity index (χ2v) is 2.25. The molecule has 0 amide bonds. The van der Waals surface area contributed by atoms with E-state index in [0.29, 0.717) is 0 Å². The van der Waals surface area contributed by atoms with Crippen LogP contribution in [0.15, 0.2) is 24.3 Å². The molecular weight excluding hydrogens is 163 g/mol. The van der Waals surface area contributed by atoms with Crippen LogP contribution in [-0.4, -0.2) is 9.78 Å². The molecule has 0 N–H and O–H groups in total. The molecule has 2 rings (SSSR count). The number of rotatable bonds is 0. The molecule has 0 radical (unpaired) electrons. The fraction of sp³-hybridized carbons (Fsp3) is 0.125. The average molecular weight is 170 g/mol. The van der Waals surface area contributed by atoms with Crippen molar-refractivity contribution in [3.63, 3.8) is 0 Å². The Labute approximate surface area is 108 Å². The van der Waals surface area contributed by atoms with Crippen LogP contribution in [0.1, 0.15) is 0 Å². The summed E-state index contributed by atoms with van der Waals surface area (Å²) >= 11 is 0. The molecule has 11 heavy (non-hydrogen) atoms. The summed E-state index contributed by atoms with van der Waals surface area (Å²) in [6.45, 7) is 0. The number of aromatic nitrogens is 2. The smallest absolute Gasteiger partial charge is 0.343 e. The molecule has 0 aliphatic carbocycles. The molecule has 3 heteroatoms. The Balaban J connectivity index is 0.000000605. The third-order valence-corrected chi connectivity index (χ3v) is 1.44. The van der Waals surface area contributed by atoms with Gasteiger partial charge in [-0.15, -0.1) is 11.5 Å². The van der Waals surface area contributed by atoms with E-state index < -0.39 is 0 Å². The van der Waals surface area contributed by atoms with Gasteiger partial charge in [0.05, 0.1) is 0 Å². The van der Waals surface area contributed by atoms with E-state index in [0.717, 1.165) is 10.9 Å². The van der Waals surface area contributed by atoms with Gasteiger partial charge in [-0.25, -0.2) is 0 Å². The van der Waals surface area contributed by atoms with Gasteiger partial charge >= 0.3 is 51.4 Å². The van der Waals surface area contributed by atoms with Crippen LogP contribution in [-0.2, 0) is 7.05 Å². The van der Waals surface area contributed by atoms with Crippen molar-refractivity contribution in [1.29, 1.82) is 0 Å². The summed E-state index contributed by atoms with van der Waals surface area (Å²) in [5.74, 6) is 0. The average Bonchev–Trinajstić information content (AvgIpc) is 2.27. The summed E-state index contributed by atoms with van der Waals surface area (Å²) in [4.78, 5) is 0. The number of fused-ring (bicyclic) bond motifs is 1. The Hall–Kier alpha value is 0.326. The molecule has 0 aliphatic rings. The number of benzene rings is 1. The van der Waals surface area contributed by atoms with Crippen molar-refractivity contribution in [2.75, 3.05) is 0 Å². The fourth-order valence-electron chi connectivity index (χ4n) is 1.02. The van der Waals surface area contributed by atoms with E-state index in [1.54, 1.807) is 4.68 Å². The molecule has 1 heterocycles. The van der Waals surface area contributed by atoms with Crippen LogP contribution in [0, 0.1) is 6.20 Å². The van der Waals surface area contributed by atoms with E-state index in [-0.39, 0.29) is 51.4 Å². The summed E-state index contributed by atoms with van der Waals surface area (Å²) in [5.41, 5.74) is 1.00. The largest absolute Gasteiger partial charge is 1.00 e. The van der Waals surface area contributed by atoms with Crippen molar-refractivity contribution in [3.05, 3.63) is 30.5 Å². The van der Waals surface area contributed by atoms with Gasteiger partial charge in [0.1, 0.15) is 0 Å². The number of aryl methyl sites for hydroxylation is 1. The van der Waals surface area contributed by atoms with Crippen LogP contribution in [0.3, 0.4) is 0 Å². The van der Waals surface area contributed by atoms with Gasteiger partial charge in [-0.2, -0.15) is 6.07 Å². The number of hydrogen-bond donors (Lipinski definition) is 0. The first kappa shape index (κ1) is 9.41. The van der Waals surface area contributed by atoms with E-state index in [4.69, 9.17) is 0 Å². The van der Waals surface area contributed by atoms with E-state index in [2.05, 4.69) is 11.3 Å². The van der Waals surface area contributed by atoms with Crippen molar-refractivity contribution in [2.45, 2.75) is 0 Å². The molecule has 0 bridgehead atoms. The number of nitrogens with zero attached hydrogens (tertiary/aromatic N) is 2. The second kappa shape index (κ2) is 3.82. The minimum absolute atomic E-state index is 0. The number of hydrogen-bond acceptors (Lipinski definition) is 1. The maximum atomic E-state index is 4.17. The van der Waals surface area contributed by atoms with Crippen LogP contribution in [0.5, 0.6) is 0 Å². The Morgan fingerprint density at radius 3 is 2.82 bits per heavy atom. The minimum atomic E-state index is 0. The molecule has 1 aromatic carbocycles. The van der Waals surface area contributed by atoms with Crippen LogP contribution < -0.4 is 51.4 Å². The molecular formula is C8H7KN2. The zero-order valence-electron chi connectivity index (χ0n) is 6.70. The molecule has 0 saturated carbocycles. The van der Waals surface area contributed by atoms with Crippen LogP contribution in [0.25, 0.3) is 10.9 Å². The summed E-state index contributed by atoms with van der Waals surface area (Å²) in [6, 6.07) is 7.94. The van der Waals surface area contributed by atoms with Crippen LogP contribution in [0.2, 0.25) is 0 Å². The zero-order valence-corrected chi connectivity index (χ0v) is 9.83. The maximum Gasteiger partial charge on any atom is 1.00 e. The van der Waals surface area contributed by atoms with E-state index >= 15 is 0 Å². The van der Waals surface area contributed by atoms with Crippen molar-refractivity contribution < 1.29 is 51.4 Å².